The van der Waals surface area contributed by atoms with Crippen LogP contribution in [0.15, 0.2) is 29.3 Å². The number of hydrogen-bond donors (Lipinski definition) is 3. The molecule has 0 bridgehead atoms. The molecule has 8 heteroatoms. The number of rotatable bonds is 10. The van der Waals surface area contributed by atoms with Crippen molar-refractivity contribution in [1.82, 2.24) is 15.5 Å². The Bertz CT molecular complexity index is 702. The average Bonchev–Trinajstić information content (AvgIpc) is 3.29. The third-order valence-electron chi connectivity index (χ3n) is 6.18. The molecular formula is C23H39IN4O2S. The molecular weight excluding hydrogens is 523 g/mol. The van der Waals surface area contributed by atoms with Crippen molar-refractivity contribution in [1.29, 1.82) is 0 Å². The van der Waals surface area contributed by atoms with E-state index in [9.17, 15) is 5.11 Å². The zero-order valence-corrected chi connectivity index (χ0v) is 22.2. The molecule has 2 aliphatic rings. The number of benzene rings is 1. The van der Waals surface area contributed by atoms with Crippen LogP contribution in [0.1, 0.15) is 51.1 Å². The van der Waals surface area contributed by atoms with Gasteiger partial charge in [-0.3, -0.25) is 9.89 Å². The first-order valence-electron chi connectivity index (χ1n) is 11.3. The number of aliphatic hydroxyl groups is 1. The summed E-state index contributed by atoms with van der Waals surface area (Å²) in [7, 11) is 1.72. The lowest BCUT2D eigenvalue weighted by Gasteiger charge is -2.44. The number of thioether (sulfide) groups is 1. The standard InChI is InChI=1S/C23H38N4O2S.HI/c1-4-24-22(26-17-23(28)12-11-21(23)30-5-2)25-16-20(27-13-6-7-14-27)18-9-8-10-19(15-18)29-3;/h8-10,15,20-21,28H,4-7,11-14,16-17H2,1-3H3,(H2,24,25,26);1H. The van der Waals surface area contributed by atoms with E-state index in [4.69, 9.17) is 9.73 Å². The van der Waals surface area contributed by atoms with Gasteiger partial charge in [0.05, 0.1) is 25.3 Å². The Labute approximate surface area is 209 Å². The summed E-state index contributed by atoms with van der Waals surface area (Å²) in [4.78, 5) is 7.29. The minimum atomic E-state index is -0.663. The highest BCUT2D eigenvalue weighted by Gasteiger charge is 2.45. The molecule has 3 unspecified atom stereocenters. The summed E-state index contributed by atoms with van der Waals surface area (Å²) in [6, 6.07) is 8.64. The van der Waals surface area contributed by atoms with Crippen LogP contribution in [0.3, 0.4) is 0 Å². The van der Waals surface area contributed by atoms with Crippen molar-refractivity contribution in [3.05, 3.63) is 29.8 Å². The molecule has 0 radical (unpaired) electrons. The highest BCUT2D eigenvalue weighted by atomic mass is 127. The Balaban J connectivity index is 0.00000341. The van der Waals surface area contributed by atoms with Gasteiger partial charge >= 0.3 is 0 Å². The maximum Gasteiger partial charge on any atom is 0.191 e. The largest absolute Gasteiger partial charge is 0.497 e. The molecule has 31 heavy (non-hydrogen) atoms. The van der Waals surface area contributed by atoms with E-state index in [0.29, 0.717) is 11.8 Å². The smallest absolute Gasteiger partial charge is 0.191 e. The molecule has 3 atom stereocenters. The molecule has 176 valence electrons. The summed E-state index contributed by atoms with van der Waals surface area (Å²) in [6.07, 6.45) is 4.42. The van der Waals surface area contributed by atoms with E-state index in [-0.39, 0.29) is 30.0 Å². The number of aliphatic imine (C=N–C) groups is 1. The van der Waals surface area contributed by atoms with E-state index < -0.39 is 5.60 Å². The van der Waals surface area contributed by atoms with Crippen LogP contribution in [0.5, 0.6) is 5.75 Å². The van der Waals surface area contributed by atoms with Crippen molar-refractivity contribution in [2.24, 2.45) is 4.99 Å². The fraction of sp³-hybridized carbons (Fsp3) is 0.696. The van der Waals surface area contributed by atoms with Crippen molar-refractivity contribution < 1.29 is 9.84 Å². The molecule has 0 aromatic heterocycles. The number of nitrogens with zero attached hydrogens (tertiary/aromatic N) is 2. The second-order valence-electron chi connectivity index (χ2n) is 8.20. The molecule has 3 N–H and O–H groups in total. The van der Waals surface area contributed by atoms with Crippen molar-refractivity contribution in [2.75, 3.05) is 45.6 Å². The lowest BCUT2D eigenvalue weighted by Crippen LogP contribution is -2.53. The van der Waals surface area contributed by atoms with Gasteiger partial charge in [0, 0.05) is 18.3 Å². The highest BCUT2D eigenvalue weighted by molar-refractivity contribution is 14.0. The van der Waals surface area contributed by atoms with Crippen LogP contribution < -0.4 is 15.4 Å². The second kappa shape index (κ2) is 13.1. The van der Waals surface area contributed by atoms with Crippen molar-refractivity contribution in [3.63, 3.8) is 0 Å². The van der Waals surface area contributed by atoms with E-state index >= 15 is 0 Å². The van der Waals surface area contributed by atoms with E-state index in [1.54, 1.807) is 7.11 Å². The monoisotopic (exact) mass is 562 g/mol. The first kappa shape index (κ1) is 26.5. The molecule has 1 heterocycles. The summed E-state index contributed by atoms with van der Waals surface area (Å²) in [5.74, 6) is 2.71. The van der Waals surface area contributed by atoms with Gasteiger partial charge in [-0.2, -0.15) is 11.8 Å². The molecule has 1 aromatic rings. The van der Waals surface area contributed by atoms with Crippen LogP contribution in [0.25, 0.3) is 0 Å². The van der Waals surface area contributed by atoms with Crippen LogP contribution >= 0.6 is 35.7 Å². The molecule has 2 fully saturated rings. The summed E-state index contributed by atoms with van der Waals surface area (Å²) in [6.45, 7) is 8.48. The minimum Gasteiger partial charge on any atom is -0.497 e. The molecule has 6 nitrogen and oxygen atoms in total. The van der Waals surface area contributed by atoms with Gasteiger partial charge in [-0.05, 0) is 69.1 Å². The van der Waals surface area contributed by atoms with Gasteiger partial charge in [-0.25, -0.2) is 0 Å². The van der Waals surface area contributed by atoms with E-state index in [1.807, 2.05) is 17.8 Å². The average molecular weight is 563 g/mol. The third kappa shape index (κ3) is 7.14. The Morgan fingerprint density at radius 1 is 1.32 bits per heavy atom. The van der Waals surface area contributed by atoms with Crippen LogP contribution in [-0.4, -0.2) is 72.4 Å². The second-order valence-corrected chi connectivity index (χ2v) is 9.68. The van der Waals surface area contributed by atoms with Crippen molar-refractivity contribution in [2.45, 2.75) is 56.4 Å². The summed E-state index contributed by atoms with van der Waals surface area (Å²) >= 11 is 1.85. The van der Waals surface area contributed by atoms with E-state index in [2.05, 4.69) is 47.6 Å². The van der Waals surface area contributed by atoms with E-state index in [0.717, 1.165) is 56.5 Å². The number of nitrogens with one attached hydrogen (secondary N) is 2. The number of likely N-dealkylation sites (tertiary alicyclic amines) is 1. The number of ether oxygens (including phenoxy) is 1. The minimum absolute atomic E-state index is 0. The number of guanidine groups is 1. The molecule has 0 spiro atoms. The molecule has 1 aliphatic heterocycles. The Morgan fingerprint density at radius 2 is 2.10 bits per heavy atom. The fourth-order valence-corrected chi connectivity index (χ4v) is 5.52. The van der Waals surface area contributed by atoms with Gasteiger partial charge in [-0.1, -0.05) is 19.1 Å². The van der Waals surface area contributed by atoms with Gasteiger partial charge in [0.25, 0.3) is 0 Å². The first-order chi connectivity index (χ1) is 14.6. The molecule has 1 aliphatic carbocycles. The summed E-state index contributed by atoms with van der Waals surface area (Å²) in [5, 5.41) is 18.1. The highest BCUT2D eigenvalue weighted by Crippen LogP contribution is 2.41. The lowest BCUT2D eigenvalue weighted by molar-refractivity contribution is -0.0154. The molecule has 1 saturated heterocycles. The number of hydrogen-bond acceptors (Lipinski definition) is 5. The number of methoxy groups -OCH3 is 1. The molecule has 1 aromatic carbocycles. The van der Waals surface area contributed by atoms with Gasteiger partial charge in [0.1, 0.15) is 5.75 Å². The maximum absolute atomic E-state index is 10.9. The van der Waals surface area contributed by atoms with Crippen LogP contribution in [0.4, 0.5) is 0 Å². The Kier molecular flexibility index (Phi) is 11.2. The number of halogens is 1. The molecule has 1 saturated carbocycles. The predicted molar refractivity (Wildman–Crippen MR) is 142 cm³/mol. The quantitative estimate of drug-likeness (QED) is 0.230. The normalized spacial score (nSPS) is 24.8. The van der Waals surface area contributed by atoms with Gasteiger partial charge in [0.15, 0.2) is 5.96 Å². The zero-order valence-electron chi connectivity index (χ0n) is 19.1. The molecule has 0 amide bonds. The van der Waals surface area contributed by atoms with Crippen LogP contribution in [0.2, 0.25) is 0 Å². The third-order valence-corrected chi connectivity index (χ3v) is 7.59. The van der Waals surface area contributed by atoms with Crippen LogP contribution in [-0.2, 0) is 0 Å². The van der Waals surface area contributed by atoms with Crippen molar-refractivity contribution >= 4 is 41.7 Å². The zero-order chi connectivity index (χ0) is 21.4. The molecule has 3 rings (SSSR count). The Hall–Kier alpha value is -0.710. The summed E-state index contributed by atoms with van der Waals surface area (Å²) in [5.41, 5.74) is 0.598. The topological polar surface area (TPSA) is 69.1 Å². The van der Waals surface area contributed by atoms with Gasteiger partial charge in [0.2, 0.25) is 0 Å². The fourth-order valence-electron chi connectivity index (χ4n) is 4.33. The maximum atomic E-state index is 10.9. The van der Waals surface area contributed by atoms with Gasteiger partial charge < -0.3 is 20.5 Å². The first-order valence-corrected chi connectivity index (χ1v) is 12.4. The summed E-state index contributed by atoms with van der Waals surface area (Å²) < 4.78 is 5.45. The lowest BCUT2D eigenvalue weighted by atomic mass is 9.79. The SMILES string of the molecule is CCNC(=NCC1(O)CCC1SCC)NCC(c1cccc(OC)c1)N1CCCC1.I. The van der Waals surface area contributed by atoms with E-state index in [1.165, 1.54) is 18.4 Å². The Morgan fingerprint density at radius 3 is 2.71 bits per heavy atom. The van der Waals surface area contributed by atoms with Crippen molar-refractivity contribution in [3.8, 4) is 5.75 Å². The van der Waals surface area contributed by atoms with Gasteiger partial charge in [-0.15, -0.1) is 24.0 Å². The van der Waals surface area contributed by atoms with Crippen LogP contribution in [0, 0.1) is 0 Å². The predicted octanol–water partition coefficient (Wildman–Crippen LogP) is 3.65.